The van der Waals surface area contributed by atoms with Crippen molar-refractivity contribution >= 4 is 46.2 Å². The fourth-order valence-corrected chi connectivity index (χ4v) is 3.66. The Morgan fingerprint density at radius 2 is 2.42 bits per heavy atom. The Hall–Kier alpha value is -0.511. The van der Waals surface area contributed by atoms with E-state index in [4.69, 9.17) is 5.11 Å². The monoisotopic (exact) mass is 293 g/mol. The van der Waals surface area contributed by atoms with Gasteiger partial charge in [-0.25, -0.2) is 0 Å². The van der Waals surface area contributed by atoms with E-state index in [-0.39, 0.29) is 20.2 Å². The quantitative estimate of drug-likeness (QED) is 0.786. The van der Waals surface area contributed by atoms with Gasteiger partial charge in [-0.15, -0.1) is 0 Å². The summed E-state index contributed by atoms with van der Waals surface area (Å²) in [4.78, 5) is 15.6. The van der Waals surface area contributed by atoms with E-state index in [0.717, 1.165) is 9.78 Å². The molecule has 0 saturated carbocycles. The normalized spacial score (nSPS) is 10.8. The van der Waals surface area contributed by atoms with E-state index in [0.29, 0.717) is 4.47 Å². The van der Waals surface area contributed by atoms with Crippen molar-refractivity contribution in [1.29, 1.82) is 0 Å². The van der Waals surface area contributed by atoms with E-state index in [1.165, 1.54) is 0 Å². The second-order valence-electron chi connectivity index (χ2n) is 2.28. The number of H-pyrrole nitrogens is 1. The maximum atomic E-state index is 10.6. The molecule has 0 saturated heterocycles. The van der Waals surface area contributed by atoms with Crippen molar-refractivity contribution in [2.24, 2.45) is 0 Å². The molecular formula is C7H4BrNO2Se. The number of rotatable bonds is 1. The predicted octanol–water partition coefficient (Wildman–Crippen LogP) is 1.69. The van der Waals surface area contributed by atoms with Crippen molar-refractivity contribution in [3.63, 3.8) is 0 Å². The van der Waals surface area contributed by atoms with Crippen molar-refractivity contribution in [1.82, 2.24) is 4.98 Å². The summed E-state index contributed by atoms with van der Waals surface area (Å²) in [5.74, 6) is -0.916. The zero-order chi connectivity index (χ0) is 8.72. The first-order valence-corrected chi connectivity index (χ1v) is 5.82. The molecule has 0 fully saturated rings. The molecule has 5 heteroatoms. The van der Waals surface area contributed by atoms with Gasteiger partial charge in [-0.2, -0.15) is 0 Å². The van der Waals surface area contributed by atoms with Crippen LogP contribution in [-0.4, -0.2) is 30.6 Å². The van der Waals surface area contributed by atoms with E-state index in [2.05, 4.69) is 25.9 Å². The summed E-state index contributed by atoms with van der Waals surface area (Å²) in [6.07, 6.45) is 0. The average Bonchev–Trinajstić information content (AvgIpc) is 2.53. The standard InChI is InChI=1S/C7H4BrNO2Se/c8-4-5(7(10)11)9-3-1-2-12-6(3)4/h1-2,9H,(H,10,11). The minimum absolute atomic E-state index is 0.256. The van der Waals surface area contributed by atoms with Crippen molar-refractivity contribution in [2.45, 2.75) is 0 Å². The maximum absolute atomic E-state index is 10.6. The van der Waals surface area contributed by atoms with Crippen LogP contribution in [0.5, 0.6) is 0 Å². The number of fused-ring (bicyclic) bond motifs is 1. The summed E-state index contributed by atoms with van der Waals surface area (Å²) in [6, 6.07) is 1.92. The van der Waals surface area contributed by atoms with Gasteiger partial charge >= 0.3 is 82.2 Å². The van der Waals surface area contributed by atoms with Crippen LogP contribution in [0.3, 0.4) is 0 Å². The molecule has 2 aromatic heterocycles. The van der Waals surface area contributed by atoms with Crippen LogP contribution in [0.15, 0.2) is 15.5 Å². The first-order valence-electron chi connectivity index (χ1n) is 3.18. The van der Waals surface area contributed by atoms with Crippen LogP contribution >= 0.6 is 15.9 Å². The number of aromatic amines is 1. The van der Waals surface area contributed by atoms with Gasteiger partial charge in [0.05, 0.1) is 0 Å². The summed E-state index contributed by atoms with van der Waals surface area (Å²) < 4.78 is 1.80. The number of carbonyl (C=O) groups is 1. The Morgan fingerprint density at radius 3 is 3.00 bits per heavy atom. The Bertz CT molecular complexity index is 445. The molecule has 0 aliphatic heterocycles. The van der Waals surface area contributed by atoms with Crippen molar-refractivity contribution in [2.75, 3.05) is 0 Å². The molecule has 0 bridgehead atoms. The van der Waals surface area contributed by atoms with Gasteiger partial charge in [0.15, 0.2) is 0 Å². The number of carboxylic acid groups (broad SMARTS) is 1. The summed E-state index contributed by atoms with van der Waals surface area (Å²) in [5, 5.41) is 8.74. The number of halogens is 1. The number of nitrogens with one attached hydrogen (secondary N) is 1. The topological polar surface area (TPSA) is 53.1 Å². The molecule has 12 heavy (non-hydrogen) atoms. The van der Waals surface area contributed by atoms with E-state index < -0.39 is 5.97 Å². The van der Waals surface area contributed by atoms with Crippen molar-refractivity contribution < 1.29 is 9.90 Å². The first-order chi connectivity index (χ1) is 5.70. The molecule has 0 aliphatic rings. The van der Waals surface area contributed by atoms with Crippen LogP contribution in [0.1, 0.15) is 10.5 Å². The van der Waals surface area contributed by atoms with Gasteiger partial charge < -0.3 is 0 Å². The molecule has 0 amide bonds. The van der Waals surface area contributed by atoms with Gasteiger partial charge in [-0.1, -0.05) is 0 Å². The second kappa shape index (κ2) is 2.76. The number of aromatic nitrogens is 1. The molecule has 0 atom stereocenters. The van der Waals surface area contributed by atoms with Gasteiger partial charge in [0, 0.05) is 0 Å². The van der Waals surface area contributed by atoms with Crippen LogP contribution in [-0.2, 0) is 0 Å². The molecule has 0 aromatic carbocycles. The molecule has 2 heterocycles. The van der Waals surface area contributed by atoms with Gasteiger partial charge in [0.25, 0.3) is 0 Å². The summed E-state index contributed by atoms with van der Waals surface area (Å²) in [5.41, 5.74) is 1.19. The van der Waals surface area contributed by atoms with Gasteiger partial charge in [0.1, 0.15) is 0 Å². The number of carboxylic acids is 1. The van der Waals surface area contributed by atoms with E-state index in [1.54, 1.807) is 0 Å². The SMILES string of the molecule is O=C(O)c1[nH]c2cc[se]c2c1Br. The third-order valence-electron chi connectivity index (χ3n) is 1.56. The molecule has 2 rings (SSSR count). The van der Waals surface area contributed by atoms with Crippen molar-refractivity contribution in [3.05, 3.63) is 21.2 Å². The Balaban J connectivity index is 2.78. The molecule has 0 aliphatic carbocycles. The van der Waals surface area contributed by atoms with Crippen LogP contribution in [0.25, 0.3) is 9.78 Å². The second-order valence-corrected chi connectivity index (χ2v) is 5.00. The fourth-order valence-electron chi connectivity index (χ4n) is 1.03. The Morgan fingerprint density at radius 1 is 1.67 bits per heavy atom. The van der Waals surface area contributed by atoms with E-state index >= 15 is 0 Å². The Kier molecular flexibility index (Phi) is 1.87. The zero-order valence-electron chi connectivity index (χ0n) is 5.80. The summed E-state index contributed by atoms with van der Waals surface area (Å²) in [7, 11) is 0. The number of hydrogen-bond acceptors (Lipinski definition) is 1. The molecular weight excluding hydrogens is 289 g/mol. The van der Waals surface area contributed by atoms with Crippen molar-refractivity contribution in [3.8, 4) is 0 Å². The molecule has 0 radical (unpaired) electrons. The zero-order valence-corrected chi connectivity index (χ0v) is 9.10. The fraction of sp³-hybridized carbons (Fsp3) is 0. The average molecular weight is 293 g/mol. The minimum atomic E-state index is -0.916. The first kappa shape index (κ1) is 8.10. The van der Waals surface area contributed by atoms with E-state index in [1.807, 2.05) is 6.07 Å². The molecule has 2 N–H and O–H groups in total. The van der Waals surface area contributed by atoms with Gasteiger partial charge in [-0.05, 0) is 0 Å². The van der Waals surface area contributed by atoms with Crippen LogP contribution in [0.4, 0.5) is 0 Å². The third-order valence-corrected chi connectivity index (χ3v) is 4.90. The number of aromatic carboxylic acids is 1. The van der Waals surface area contributed by atoms with Crippen LogP contribution in [0, 0.1) is 0 Å². The van der Waals surface area contributed by atoms with Gasteiger partial charge in [0.2, 0.25) is 0 Å². The summed E-state index contributed by atoms with van der Waals surface area (Å²) >= 11 is 3.54. The third kappa shape index (κ3) is 1.05. The summed E-state index contributed by atoms with van der Waals surface area (Å²) in [6.45, 7) is 0. The van der Waals surface area contributed by atoms with E-state index in [9.17, 15) is 4.79 Å². The molecule has 0 spiro atoms. The Labute approximate surface area is 82.3 Å². The molecule has 3 nitrogen and oxygen atoms in total. The molecule has 62 valence electrons. The van der Waals surface area contributed by atoms with Crippen LogP contribution in [0.2, 0.25) is 0 Å². The molecule has 2 aromatic rings. The van der Waals surface area contributed by atoms with Crippen LogP contribution < -0.4 is 0 Å². The predicted molar refractivity (Wildman–Crippen MR) is 49.9 cm³/mol. The van der Waals surface area contributed by atoms with Gasteiger partial charge in [-0.3, -0.25) is 0 Å². The number of hydrogen-bond donors (Lipinski definition) is 2. The molecule has 0 unspecified atom stereocenters.